The van der Waals surface area contributed by atoms with E-state index in [4.69, 9.17) is 4.74 Å². The van der Waals surface area contributed by atoms with Crippen molar-refractivity contribution in [2.24, 2.45) is 0 Å². The molecule has 0 radical (unpaired) electrons. The monoisotopic (exact) mass is 291 g/mol. The second-order valence-corrected chi connectivity index (χ2v) is 5.75. The third-order valence-electron chi connectivity index (χ3n) is 4.29. The van der Waals surface area contributed by atoms with Crippen molar-refractivity contribution >= 4 is 10.9 Å². The van der Waals surface area contributed by atoms with Gasteiger partial charge < -0.3 is 9.72 Å². The number of aromatic amines is 1. The fraction of sp³-hybridized carbons (Fsp3) is 0.211. The number of benzene rings is 2. The van der Waals surface area contributed by atoms with Crippen molar-refractivity contribution in [2.75, 3.05) is 0 Å². The summed E-state index contributed by atoms with van der Waals surface area (Å²) in [5.41, 5.74) is 3.02. The van der Waals surface area contributed by atoms with Gasteiger partial charge in [-0.05, 0) is 37.1 Å². The summed E-state index contributed by atoms with van der Waals surface area (Å²) in [5.74, 6) is 0.869. The Labute approximate surface area is 128 Å². The van der Waals surface area contributed by atoms with Crippen LogP contribution in [0.15, 0.2) is 59.4 Å². The highest BCUT2D eigenvalue weighted by Gasteiger charge is 2.23. The molecule has 1 aromatic heterocycles. The maximum atomic E-state index is 12.7. The lowest BCUT2D eigenvalue weighted by molar-refractivity contribution is 0.183. The summed E-state index contributed by atoms with van der Waals surface area (Å²) in [4.78, 5) is 16.1. The van der Waals surface area contributed by atoms with E-state index in [1.165, 1.54) is 0 Å². The van der Waals surface area contributed by atoms with Crippen LogP contribution in [0.2, 0.25) is 0 Å². The first-order valence-electron chi connectivity index (χ1n) is 7.66. The summed E-state index contributed by atoms with van der Waals surface area (Å²) < 4.78 is 6.03. The lowest BCUT2D eigenvalue weighted by Crippen LogP contribution is -2.30. The number of H-pyrrole nitrogens is 1. The molecule has 0 saturated heterocycles. The Morgan fingerprint density at radius 3 is 2.64 bits per heavy atom. The number of aryl methyl sites for hydroxylation is 1. The van der Waals surface area contributed by atoms with Crippen LogP contribution in [-0.2, 0) is 12.8 Å². The molecule has 0 saturated carbocycles. The number of nitrogens with one attached hydrogen (secondary N) is 1. The van der Waals surface area contributed by atoms with E-state index in [0.29, 0.717) is 6.42 Å². The second kappa shape index (κ2) is 5.34. The molecular formula is C19H17NO2. The number of para-hydroxylation sites is 2. The molecule has 0 aliphatic heterocycles. The molecule has 110 valence electrons. The molecule has 0 bridgehead atoms. The average molecular weight is 291 g/mol. The van der Waals surface area contributed by atoms with Gasteiger partial charge in [-0.2, -0.15) is 0 Å². The van der Waals surface area contributed by atoms with Crippen molar-refractivity contribution in [3.8, 4) is 5.75 Å². The fourth-order valence-electron chi connectivity index (χ4n) is 3.18. The van der Waals surface area contributed by atoms with E-state index >= 15 is 0 Å². The van der Waals surface area contributed by atoms with Crippen LogP contribution in [0.5, 0.6) is 5.75 Å². The molecule has 1 atom stereocenters. The van der Waals surface area contributed by atoms with Crippen LogP contribution < -0.4 is 10.2 Å². The number of ether oxygens (including phenoxy) is 1. The smallest absolute Gasteiger partial charge is 0.192 e. The van der Waals surface area contributed by atoms with E-state index in [1.807, 2.05) is 54.6 Å². The summed E-state index contributed by atoms with van der Waals surface area (Å²) in [6.45, 7) is 0. The summed E-state index contributed by atoms with van der Waals surface area (Å²) >= 11 is 0. The minimum absolute atomic E-state index is 0.0668. The molecular weight excluding hydrogens is 274 g/mol. The van der Waals surface area contributed by atoms with Crippen LogP contribution in [0.4, 0.5) is 0 Å². The minimum atomic E-state index is 0.0668. The molecule has 0 fully saturated rings. The van der Waals surface area contributed by atoms with Gasteiger partial charge in [0.1, 0.15) is 11.9 Å². The van der Waals surface area contributed by atoms with E-state index in [9.17, 15) is 4.79 Å². The van der Waals surface area contributed by atoms with Crippen LogP contribution in [0, 0.1) is 0 Å². The highest BCUT2D eigenvalue weighted by atomic mass is 16.5. The Morgan fingerprint density at radius 2 is 1.77 bits per heavy atom. The zero-order chi connectivity index (χ0) is 14.9. The van der Waals surface area contributed by atoms with Crippen molar-refractivity contribution in [3.63, 3.8) is 0 Å². The Balaban J connectivity index is 1.68. The van der Waals surface area contributed by atoms with Gasteiger partial charge in [0.2, 0.25) is 0 Å². The van der Waals surface area contributed by atoms with Gasteiger partial charge in [0, 0.05) is 28.6 Å². The number of fused-ring (bicyclic) bond motifs is 2. The van der Waals surface area contributed by atoms with Crippen molar-refractivity contribution in [3.05, 3.63) is 76.1 Å². The van der Waals surface area contributed by atoms with E-state index in [2.05, 4.69) is 4.98 Å². The Kier molecular flexibility index (Phi) is 3.19. The highest BCUT2D eigenvalue weighted by molar-refractivity contribution is 5.79. The maximum Gasteiger partial charge on any atom is 0.192 e. The molecule has 4 rings (SSSR count). The quantitative estimate of drug-likeness (QED) is 0.785. The van der Waals surface area contributed by atoms with Gasteiger partial charge >= 0.3 is 0 Å². The molecule has 1 heterocycles. The molecule has 1 N–H and O–H groups in total. The van der Waals surface area contributed by atoms with Crippen LogP contribution in [0.1, 0.15) is 17.7 Å². The third-order valence-corrected chi connectivity index (χ3v) is 4.29. The van der Waals surface area contributed by atoms with Crippen molar-refractivity contribution in [1.82, 2.24) is 4.98 Å². The van der Waals surface area contributed by atoms with Crippen LogP contribution in [0.3, 0.4) is 0 Å². The number of aromatic nitrogens is 1. The topological polar surface area (TPSA) is 42.1 Å². The zero-order valence-corrected chi connectivity index (χ0v) is 12.2. The predicted octanol–water partition coefficient (Wildman–Crippen LogP) is 3.46. The van der Waals surface area contributed by atoms with E-state index in [1.54, 1.807) is 0 Å². The lowest BCUT2D eigenvalue weighted by Gasteiger charge is -2.25. The molecule has 0 spiro atoms. The molecule has 1 aliphatic rings. The first-order chi connectivity index (χ1) is 10.8. The molecule has 0 amide bonds. The first kappa shape index (κ1) is 13.1. The molecule has 1 unspecified atom stereocenters. The van der Waals surface area contributed by atoms with E-state index < -0.39 is 0 Å². The van der Waals surface area contributed by atoms with Crippen LogP contribution >= 0.6 is 0 Å². The second-order valence-electron chi connectivity index (χ2n) is 5.75. The van der Waals surface area contributed by atoms with E-state index in [-0.39, 0.29) is 11.5 Å². The summed E-state index contributed by atoms with van der Waals surface area (Å²) in [6.07, 6.45) is 2.52. The Hall–Kier alpha value is -2.55. The van der Waals surface area contributed by atoms with Gasteiger partial charge in [0.05, 0.1) is 0 Å². The van der Waals surface area contributed by atoms with Crippen molar-refractivity contribution < 1.29 is 4.74 Å². The SMILES string of the molecule is O=c1c2c([nH]c3ccccc13)CCC(Oc1ccccc1)C2. The summed E-state index contributed by atoms with van der Waals surface area (Å²) in [6, 6.07) is 17.5. The van der Waals surface area contributed by atoms with Crippen molar-refractivity contribution in [2.45, 2.75) is 25.4 Å². The van der Waals surface area contributed by atoms with Crippen LogP contribution in [-0.4, -0.2) is 11.1 Å². The van der Waals surface area contributed by atoms with Crippen LogP contribution in [0.25, 0.3) is 10.9 Å². The maximum absolute atomic E-state index is 12.7. The first-order valence-corrected chi connectivity index (χ1v) is 7.66. The largest absolute Gasteiger partial charge is 0.490 e. The summed E-state index contributed by atoms with van der Waals surface area (Å²) in [7, 11) is 0. The predicted molar refractivity (Wildman–Crippen MR) is 87.5 cm³/mol. The zero-order valence-electron chi connectivity index (χ0n) is 12.2. The number of rotatable bonds is 2. The highest BCUT2D eigenvalue weighted by Crippen LogP contribution is 2.23. The molecule has 1 aliphatic carbocycles. The van der Waals surface area contributed by atoms with Gasteiger partial charge in [-0.25, -0.2) is 0 Å². The molecule has 2 aromatic carbocycles. The molecule has 3 aromatic rings. The standard InChI is InChI=1S/C19H17NO2/c21-19-15-8-4-5-9-17(15)20-18-11-10-14(12-16(18)19)22-13-6-2-1-3-7-13/h1-9,14H,10-12H2,(H,20,21). The number of pyridine rings is 1. The van der Waals surface area contributed by atoms with Crippen molar-refractivity contribution in [1.29, 1.82) is 0 Å². The Morgan fingerprint density at radius 1 is 1.00 bits per heavy atom. The fourth-order valence-corrected chi connectivity index (χ4v) is 3.18. The number of hydrogen-bond acceptors (Lipinski definition) is 2. The molecule has 3 nitrogen and oxygen atoms in total. The average Bonchev–Trinajstić information content (AvgIpc) is 2.57. The van der Waals surface area contributed by atoms with Gasteiger partial charge in [0.15, 0.2) is 5.43 Å². The number of hydrogen-bond donors (Lipinski definition) is 1. The van der Waals surface area contributed by atoms with Gasteiger partial charge in [-0.1, -0.05) is 30.3 Å². The van der Waals surface area contributed by atoms with Gasteiger partial charge in [-0.3, -0.25) is 4.79 Å². The molecule has 3 heteroatoms. The van der Waals surface area contributed by atoms with E-state index in [0.717, 1.165) is 40.8 Å². The lowest BCUT2D eigenvalue weighted by atomic mass is 9.92. The van der Waals surface area contributed by atoms with Gasteiger partial charge in [-0.15, -0.1) is 0 Å². The van der Waals surface area contributed by atoms with Gasteiger partial charge in [0.25, 0.3) is 0 Å². The summed E-state index contributed by atoms with van der Waals surface area (Å²) in [5, 5.41) is 0.765. The normalized spacial score (nSPS) is 17.2. The minimum Gasteiger partial charge on any atom is -0.490 e. The Bertz CT molecular complexity index is 867. The molecule has 22 heavy (non-hydrogen) atoms. The third kappa shape index (κ3) is 2.29.